The van der Waals surface area contributed by atoms with Crippen LogP contribution >= 0.6 is 0 Å². The number of rotatable bonds is 10. The van der Waals surface area contributed by atoms with E-state index in [4.69, 9.17) is 4.74 Å². The molecule has 1 heterocycles. The molecule has 0 bridgehead atoms. The Labute approximate surface area is 207 Å². The fourth-order valence-electron chi connectivity index (χ4n) is 4.89. The van der Waals surface area contributed by atoms with E-state index in [9.17, 15) is 9.90 Å². The molecule has 1 N–H and O–H groups in total. The molecule has 35 heavy (non-hydrogen) atoms. The van der Waals surface area contributed by atoms with Gasteiger partial charge in [0.1, 0.15) is 11.9 Å². The molecule has 3 aromatic carbocycles. The molecule has 5 nitrogen and oxygen atoms in total. The van der Waals surface area contributed by atoms with Crippen LogP contribution in [0.25, 0.3) is 10.8 Å². The van der Waals surface area contributed by atoms with Gasteiger partial charge in [-0.3, -0.25) is 0 Å². The normalized spacial score (nSPS) is 14.0. The lowest BCUT2D eigenvalue weighted by atomic mass is 9.70. The molecule has 0 aliphatic heterocycles. The average Bonchev–Trinajstić information content (AvgIpc) is 2.88. The molecule has 0 saturated heterocycles. The summed E-state index contributed by atoms with van der Waals surface area (Å²) in [5.41, 5.74) is 2.05. The van der Waals surface area contributed by atoms with Crippen LogP contribution in [0, 0.1) is 0 Å². The summed E-state index contributed by atoms with van der Waals surface area (Å²) in [6.07, 6.45) is 3.26. The van der Waals surface area contributed by atoms with Gasteiger partial charge in [0.25, 0.3) is 0 Å². The van der Waals surface area contributed by atoms with E-state index in [1.54, 1.807) is 13.3 Å². The maximum absolute atomic E-state index is 12.9. The third-order valence-electron chi connectivity index (χ3n) is 6.57. The third kappa shape index (κ3) is 5.11. The van der Waals surface area contributed by atoms with Crippen molar-refractivity contribution in [2.45, 2.75) is 24.4 Å². The number of pyridine rings is 1. The van der Waals surface area contributed by atoms with Gasteiger partial charge in [-0.25, -0.2) is 4.98 Å². The molecule has 2 atom stereocenters. The fourth-order valence-corrected chi connectivity index (χ4v) is 4.89. The maximum atomic E-state index is 12.9. The van der Waals surface area contributed by atoms with Crippen LogP contribution < -0.4 is 4.74 Å². The van der Waals surface area contributed by atoms with E-state index in [0.717, 1.165) is 39.3 Å². The largest absolute Gasteiger partial charge is 0.481 e. The number of nitrogens with zero attached hydrogens (tertiary/aromatic N) is 2. The number of methoxy groups -OCH3 is 1. The molecule has 0 fully saturated rings. The zero-order valence-electron chi connectivity index (χ0n) is 20.5. The van der Waals surface area contributed by atoms with Crippen molar-refractivity contribution in [3.63, 3.8) is 0 Å². The van der Waals surface area contributed by atoms with E-state index in [1.807, 2.05) is 74.8 Å². The van der Waals surface area contributed by atoms with Crippen molar-refractivity contribution in [3.8, 4) is 5.88 Å². The summed E-state index contributed by atoms with van der Waals surface area (Å²) in [7, 11) is 5.60. The van der Waals surface area contributed by atoms with E-state index in [0.29, 0.717) is 18.8 Å². The second-order valence-corrected chi connectivity index (χ2v) is 9.16. The van der Waals surface area contributed by atoms with Crippen LogP contribution in [0.4, 0.5) is 0 Å². The van der Waals surface area contributed by atoms with Crippen LogP contribution in [0.1, 0.15) is 34.6 Å². The summed E-state index contributed by atoms with van der Waals surface area (Å²) in [5.74, 6) is -0.0412. The number of aldehydes is 1. The lowest BCUT2D eigenvalue weighted by Crippen LogP contribution is -2.38. The zero-order valence-corrected chi connectivity index (χ0v) is 20.5. The summed E-state index contributed by atoms with van der Waals surface area (Å²) in [5, 5.41) is 14.9. The van der Waals surface area contributed by atoms with Crippen molar-refractivity contribution in [3.05, 3.63) is 107 Å². The van der Waals surface area contributed by atoms with Gasteiger partial charge in [0, 0.05) is 30.6 Å². The number of aromatic nitrogens is 1. The van der Waals surface area contributed by atoms with Crippen LogP contribution in [0.3, 0.4) is 0 Å². The van der Waals surface area contributed by atoms with Gasteiger partial charge in [-0.2, -0.15) is 0 Å². The molecule has 180 valence electrons. The highest BCUT2D eigenvalue weighted by Crippen LogP contribution is 2.48. The summed E-state index contributed by atoms with van der Waals surface area (Å²) in [6, 6.07) is 26.2. The number of hydrogen-bond acceptors (Lipinski definition) is 5. The summed E-state index contributed by atoms with van der Waals surface area (Å²) >= 11 is 0. The first-order valence-electron chi connectivity index (χ1n) is 11.8. The number of carbonyl (C=O) groups is 1. The first kappa shape index (κ1) is 24.6. The number of ether oxygens (including phenoxy) is 1. The number of aliphatic hydroxyl groups is 1. The highest BCUT2D eigenvalue weighted by atomic mass is 16.5. The number of benzene rings is 3. The van der Waals surface area contributed by atoms with Crippen LogP contribution in [0.5, 0.6) is 5.88 Å². The second-order valence-electron chi connectivity index (χ2n) is 9.16. The molecular formula is C30H32N2O3. The minimum atomic E-state index is -1.29. The smallest absolute Gasteiger partial charge is 0.216 e. The van der Waals surface area contributed by atoms with Crippen molar-refractivity contribution in [1.29, 1.82) is 0 Å². The summed E-state index contributed by atoms with van der Waals surface area (Å²) < 4.78 is 5.70. The maximum Gasteiger partial charge on any atom is 0.216 e. The Hall–Kier alpha value is -3.54. The van der Waals surface area contributed by atoms with Gasteiger partial charge in [-0.15, -0.1) is 0 Å². The molecule has 0 aliphatic carbocycles. The monoisotopic (exact) mass is 468 g/mol. The molecule has 2 unspecified atom stereocenters. The molecule has 0 aliphatic rings. The van der Waals surface area contributed by atoms with Crippen molar-refractivity contribution < 1.29 is 14.6 Å². The van der Waals surface area contributed by atoms with Crippen molar-refractivity contribution in [1.82, 2.24) is 9.88 Å². The van der Waals surface area contributed by atoms with E-state index in [-0.39, 0.29) is 6.42 Å². The van der Waals surface area contributed by atoms with E-state index in [1.165, 1.54) is 0 Å². The van der Waals surface area contributed by atoms with Gasteiger partial charge in [0.2, 0.25) is 5.88 Å². The zero-order chi connectivity index (χ0) is 24.8. The molecule has 4 aromatic rings. The Kier molecular flexibility index (Phi) is 7.59. The van der Waals surface area contributed by atoms with Gasteiger partial charge in [0.05, 0.1) is 7.11 Å². The summed E-state index contributed by atoms with van der Waals surface area (Å²) in [6.45, 7) is 0.673. The molecule has 1 aromatic heterocycles. The molecular weight excluding hydrogens is 436 g/mol. The van der Waals surface area contributed by atoms with E-state index >= 15 is 0 Å². The van der Waals surface area contributed by atoms with E-state index < -0.39 is 11.5 Å². The first-order chi connectivity index (χ1) is 17.0. The predicted octanol–water partition coefficient (Wildman–Crippen LogP) is 4.96. The van der Waals surface area contributed by atoms with Crippen LogP contribution in [0.15, 0.2) is 85.1 Å². The van der Waals surface area contributed by atoms with Gasteiger partial charge in [-0.1, -0.05) is 72.8 Å². The van der Waals surface area contributed by atoms with Gasteiger partial charge >= 0.3 is 0 Å². The second kappa shape index (κ2) is 10.8. The average molecular weight is 469 g/mol. The van der Waals surface area contributed by atoms with Crippen molar-refractivity contribution >= 4 is 17.1 Å². The lowest BCUT2D eigenvalue weighted by Gasteiger charge is -2.39. The predicted molar refractivity (Wildman–Crippen MR) is 140 cm³/mol. The molecule has 4 rings (SSSR count). The molecule has 0 saturated carbocycles. The Morgan fingerprint density at radius 2 is 1.74 bits per heavy atom. The van der Waals surface area contributed by atoms with Crippen LogP contribution in [-0.2, 0) is 16.8 Å². The topological polar surface area (TPSA) is 62.7 Å². The van der Waals surface area contributed by atoms with Crippen LogP contribution in [-0.4, -0.2) is 49.0 Å². The standard InChI is InChI=1S/C30H32N2O3/c1-32(2)18-17-30(34,27-15-9-13-23-10-7-8-14-25(23)27)28(24-11-5-4-6-12-24)26-20-22(16-19-33)21-31-29(26)35-3/h4-15,19-21,28,34H,16-18H2,1-3H3. The SMILES string of the molecule is COc1ncc(CC=O)cc1C(c1ccccc1)C(O)(CCN(C)C)c1cccc2ccccc12. The molecule has 0 amide bonds. The number of carbonyl (C=O) groups excluding carboxylic acids is 1. The van der Waals surface area contributed by atoms with Gasteiger partial charge < -0.3 is 19.5 Å². The Morgan fingerprint density at radius 1 is 1.03 bits per heavy atom. The minimum absolute atomic E-state index is 0.246. The van der Waals surface area contributed by atoms with Crippen molar-refractivity contribution in [2.75, 3.05) is 27.7 Å². The highest BCUT2D eigenvalue weighted by molar-refractivity contribution is 5.86. The third-order valence-corrected chi connectivity index (χ3v) is 6.57. The Balaban J connectivity index is 2.04. The summed E-state index contributed by atoms with van der Waals surface area (Å²) in [4.78, 5) is 17.9. The quantitative estimate of drug-likeness (QED) is 0.334. The molecule has 0 radical (unpaired) electrons. The minimum Gasteiger partial charge on any atom is -0.481 e. The first-order valence-corrected chi connectivity index (χ1v) is 11.8. The van der Waals surface area contributed by atoms with E-state index in [2.05, 4.69) is 28.1 Å². The molecule has 5 heteroatoms. The highest BCUT2D eigenvalue weighted by Gasteiger charge is 2.43. The van der Waals surface area contributed by atoms with Gasteiger partial charge in [0.15, 0.2) is 0 Å². The number of hydrogen-bond donors (Lipinski definition) is 1. The van der Waals surface area contributed by atoms with Crippen molar-refractivity contribution in [2.24, 2.45) is 0 Å². The fraction of sp³-hybridized carbons (Fsp3) is 0.267. The van der Waals surface area contributed by atoms with Gasteiger partial charge in [-0.05, 0) is 54.0 Å². The Morgan fingerprint density at radius 3 is 2.46 bits per heavy atom. The molecule has 0 spiro atoms. The Bertz CT molecular complexity index is 1280. The number of fused-ring (bicyclic) bond motifs is 1. The lowest BCUT2D eigenvalue weighted by molar-refractivity contribution is -0.107. The van der Waals surface area contributed by atoms with Crippen LogP contribution in [0.2, 0.25) is 0 Å².